The van der Waals surface area contributed by atoms with Crippen molar-refractivity contribution < 1.29 is 18.7 Å². The van der Waals surface area contributed by atoms with Gasteiger partial charge in [0.2, 0.25) is 0 Å². The van der Waals surface area contributed by atoms with Crippen molar-refractivity contribution in [3.05, 3.63) is 23.4 Å². The van der Waals surface area contributed by atoms with Gasteiger partial charge in [0, 0.05) is 50.3 Å². The molecule has 2 aromatic rings. The van der Waals surface area contributed by atoms with E-state index >= 15 is 0 Å². The van der Waals surface area contributed by atoms with Gasteiger partial charge in [0.05, 0.1) is 17.9 Å². The molecule has 0 bridgehead atoms. The van der Waals surface area contributed by atoms with Crippen LogP contribution in [-0.2, 0) is 14.3 Å². The third-order valence-electron chi connectivity index (χ3n) is 7.56. The lowest BCUT2D eigenvalue weighted by Crippen LogP contribution is -2.47. The van der Waals surface area contributed by atoms with Crippen LogP contribution in [0.5, 0.6) is 0 Å². The number of Topliss-reactive ketones (excluding diaryl/α,β-unsaturated/α-hetero) is 1. The molecule has 202 valence electrons. The smallest absolute Gasteiger partial charge is 0.185 e. The minimum atomic E-state index is -0.770. The molecule has 36 heavy (non-hydrogen) atoms. The zero-order valence-corrected chi connectivity index (χ0v) is 23.2. The molecule has 0 aromatic carbocycles. The van der Waals surface area contributed by atoms with Crippen molar-refractivity contribution in [2.24, 2.45) is 0 Å². The Bertz CT molecular complexity index is 887. The van der Waals surface area contributed by atoms with Gasteiger partial charge in [-0.2, -0.15) is 0 Å². The third-order valence-corrected chi connectivity index (χ3v) is 8.67. The number of hydrogen-bond acceptors (Lipinski definition) is 7. The lowest BCUT2D eigenvalue weighted by molar-refractivity contribution is -0.154. The van der Waals surface area contributed by atoms with E-state index in [0.717, 1.165) is 29.1 Å². The molecule has 0 amide bonds. The van der Waals surface area contributed by atoms with E-state index < -0.39 is 5.60 Å². The van der Waals surface area contributed by atoms with E-state index in [4.69, 9.17) is 19.6 Å². The standard InChI is InChI=1S/C29H46N2O4S/c1-3-4-5-6-7-8-9-10-11-12-13-14-15-23(27(32)29(33-2)17-20-34-21-18-29)25-22-31-28(36-25)26-24(30)16-19-35-26/h16,19,22-23H,3-15,17-18,20-21,30H2,1-2H3. The van der Waals surface area contributed by atoms with Gasteiger partial charge in [-0.05, 0) is 6.42 Å². The number of unbranched alkanes of at least 4 members (excludes halogenated alkanes) is 11. The Morgan fingerprint density at radius 2 is 1.67 bits per heavy atom. The molecule has 1 aliphatic rings. The van der Waals surface area contributed by atoms with Gasteiger partial charge in [-0.3, -0.25) is 4.79 Å². The topological polar surface area (TPSA) is 87.6 Å². The molecule has 1 atom stereocenters. The summed E-state index contributed by atoms with van der Waals surface area (Å²) in [5.74, 6) is 0.517. The summed E-state index contributed by atoms with van der Waals surface area (Å²) in [5.41, 5.74) is 5.83. The molecular weight excluding hydrogens is 472 g/mol. The highest BCUT2D eigenvalue weighted by Gasteiger charge is 2.44. The molecular formula is C29H46N2O4S. The number of nitrogens with zero attached hydrogens (tertiary/aromatic N) is 1. The first kappa shape index (κ1) is 28.9. The average molecular weight is 519 g/mol. The minimum absolute atomic E-state index is 0.166. The number of methoxy groups -OCH3 is 1. The van der Waals surface area contributed by atoms with Crippen LogP contribution in [-0.4, -0.2) is 36.7 Å². The van der Waals surface area contributed by atoms with E-state index in [1.165, 1.54) is 75.5 Å². The Labute approximate surface area is 221 Å². The van der Waals surface area contributed by atoms with E-state index in [1.54, 1.807) is 19.4 Å². The fraction of sp³-hybridized carbons (Fsp3) is 0.724. The van der Waals surface area contributed by atoms with Crippen LogP contribution in [0, 0.1) is 0 Å². The molecule has 1 aliphatic heterocycles. The maximum Gasteiger partial charge on any atom is 0.185 e. The summed E-state index contributed by atoms with van der Waals surface area (Å²) in [6, 6.07) is 1.73. The van der Waals surface area contributed by atoms with Crippen LogP contribution in [0.3, 0.4) is 0 Å². The number of nitrogen functional groups attached to an aromatic ring is 1. The molecule has 1 saturated heterocycles. The summed E-state index contributed by atoms with van der Waals surface area (Å²) in [6.45, 7) is 3.38. The van der Waals surface area contributed by atoms with Crippen LogP contribution < -0.4 is 5.73 Å². The number of carbonyl (C=O) groups is 1. The van der Waals surface area contributed by atoms with Gasteiger partial charge in [-0.15, -0.1) is 11.3 Å². The quantitative estimate of drug-likeness (QED) is 0.202. The molecule has 3 heterocycles. The summed E-state index contributed by atoms with van der Waals surface area (Å²) in [7, 11) is 1.66. The van der Waals surface area contributed by atoms with E-state index in [-0.39, 0.29) is 11.7 Å². The van der Waals surface area contributed by atoms with Gasteiger partial charge in [0.15, 0.2) is 16.6 Å². The number of hydrogen-bond donors (Lipinski definition) is 1. The second-order valence-electron chi connectivity index (χ2n) is 10.2. The van der Waals surface area contributed by atoms with Crippen molar-refractivity contribution in [1.82, 2.24) is 4.98 Å². The van der Waals surface area contributed by atoms with E-state index in [1.807, 2.05) is 6.20 Å². The first-order chi connectivity index (χ1) is 17.6. The molecule has 0 saturated carbocycles. The number of aromatic nitrogens is 1. The van der Waals surface area contributed by atoms with Gasteiger partial charge >= 0.3 is 0 Å². The Morgan fingerprint density at radius 1 is 1.06 bits per heavy atom. The molecule has 1 fully saturated rings. The highest BCUT2D eigenvalue weighted by Crippen LogP contribution is 2.40. The van der Waals surface area contributed by atoms with Gasteiger partial charge < -0.3 is 19.6 Å². The molecule has 2 aromatic heterocycles. The van der Waals surface area contributed by atoms with Crippen LogP contribution in [0.25, 0.3) is 10.8 Å². The number of thiazole rings is 1. The minimum Gasteiger partial charge on any atom is -0.460 e. The fourth-order valence-corrected chi connectivity index (χ4v) is 6.27. The number of ether oxygens (including phenoxy) is 2. The second-order valence-corrected chi connectivity index (χ2v) is 11.2. The van der Waals surface area contributed by atoms with Crippen LogP contribution in [0.15, 0.2) is 22.9 Å². The Balaban J connectivity index is 1.53. The molecule has 0 spiro atoms. The number of furan rings is 1. The molecule has 0 aliphatic carbocycles. The first-order valence-electron chi connectivity index (χ1n) is 14.1. The third kappa shape index (κ3) is 8.15. The summed E-state index contributed by atoms with van der Waals surface area (Å²) in [5, 5.41) is 0.721. The number of carbonyl (C=O) groups excluding carboxylic acids is 1. The average Bonchev–Trinajstić information content (AvgIpc) is 3.56. The maximum absolute atomic E-state index is 13.9. The van der Waals surface area contributed by atoms with Gasteiger partial charge in [-0.1, -0.05) is 84.0 Å². The highest BCUT2D eigenvalue weighted by molar-refractivity contribution is 7.15. The Hall–Kier alpha value is -1.70. The van der Waals surface area contributed by atoms with Crippen molar-refractivity contribution in [1.29, 1.82) is 0 Å². The lowest BCUT2D eigenvalue weighted by Gasteiger charge is -2.36. The Morgan fingerprint density at radius 3 is 2.22 bits per heavy atom. The molecule has 2 N–H and O–H groups in total. The van der Waals surface area contributed by atoms with Crippen LogP contribution in [0.2, 0.25) is 0 Å². The van der Waals surface area contributed by atoms with E-state index in [2.05, 4.69) is 11.9 Å². The normalized spacial score (nSPS) is 16.3. The zero-order chi connectivity index (χ0) is 25.6. The highest BCUT2D eigenvalue weighted by atomic mass is 32.1. The number of anilines is 1. The fourth-order valence-electron chi connectivity index (χ4n) is 5.21. The first-order valence-corrected chi connectivity index (χ1v) is 14.9. The van der Waals surface area contributed by atoms with E-state index in [0.29, 0.717) is 37.5 Å². The van der Waals surface area contributed by atoms with Crippen molar-refractivity contribution >= 4 is 22.8 Å². The number of rotatable bonds is 18. The molecule has 1 unspecified atom stereocenters. The SMILES string of the molecule is CCCCCCCCCCCCCCC(C(=O)C1(OC)CCOCC1)c1cnc(-c2occc2N)s1. The van der Waals surface area contributed by atoms with Gasteiger partial charge in [0.1, 0.15) is 5.60 Å². The molecule has 7 heteroatoms. The number of nitrogens with two attached hydrogens (primary N) is 1. The monoisotopic (exact) mass is 518 g/mol. The van der Waals surface area contributed by atoms with Crippen molar-refractivity contribution in [2.75, 3.05) is 26.1 Å². The second kappa shape index (κ2) is 15.5. The predicted octanol–water partition coefficient (Wildman–Crippen LogP) is 7.92. The number of ketones is 1. The molecule has 6 nitrogen and oxygen atoms in total. The zero-order valence-electron chi connectivity index (χ0n) is 22.4. The Kier molecular flexibility index (Phi) is 12.5. The molecule has 0 radical (unpaired) electrons. The van der Waals surface area contributed by atoms with Crippen molar-refractivity contribution in [3.63, 3.8) is 0 Å². The largest absolute Gasteiger partial charge is 0.460 e. The van der Waals surface area contributed by atoms with Crippen LogP contribution in [0.4, 0.5) is 5.69 Å². The summed E-state index contributed by atoms with van der Waals surface area (Å²) in [6.07, 6.45) is 21.0. The van der Waals surface area contributed by atoms with Gasteiger partial charge in [0.25, 0.3) is 0 Å². The maximum atomic E-state index is 13.9. The van der Waals surface area contributed by atoms with Crippen LogP contribution >= 0.6 is 11.3 Å². The van der Waals surface area contributed by atoms with Crippen molar-refractivity contribution in [2.45, 2.75) is 115 Å². The van der Waals surface area contributed by atoms with Crippen molar-refractivity contribution in [3.8, 4) is 10.8 Å². The molecule has 3 rings (SSSR count). The summed E-state index contributed by atoms with van der Waals surface area (Å²) in [4.78, 5) is 19.4. The van der Waals surface area contributed by atoms with Gasteiger partial charge in [-0.25, -0.2) is 4.98 Å². The summed E-state index contributed by atoms with van der Waals surface area (Å²) >= 11 is 1.51. The lowest BCUT2D eigenvalue weighted by atomic mass is 9.80. The predicted molar refractivity (Wildman–Crippen MR) is 147 cm³/mol. The summed E-state index contributed by atoms with van der Waals surface area (Å²) < 4.78 is 16.9. The van der Waals surface area contributed by atoms with Crippen LogP contribution in [0.1, 0.15) is 114 Å². The van der Waals surface area contributed by atoms with E-state index in [9.17, 15) is 4.79 Å².